The van der Waals surface area contributed by atoms with E-state index in [1.54, 1.807) is 13.0 Å². The third kappa shape index (κ3) is 5.09. The van der Waals surface area contributed by atoms with Crippen LogP contribution in [0.5, 0.6) is 5.75 Å². The minimum Gasteiger partial charge on any atom is -0.482 e. The largest absolute Gasteiger partial charge is 0.482 e. The molecule has 0 bridgehead atoms. The van der Waals surface area contributed by atoms with E-state index < -0.39 is 0 Å². The molecule has 154 valence electrons. The first kappa shape index (κ1) is 21.2. The molecule has 1 saturated carbocycles. The molecule has 4 atom stereocenters. The summed E-state index contributed by atoms with van der Waals surface area (Å²) < 4.78 is 10.4. The van der Waals surface area contributed by atoms with Crippen molar-refractivity contribution in [3.63, 3.8) is 0 Å². The van der Waals surface area contributed by atoms with Crippen molar-refractivity contribution in [2.45, 2.75) is 46.0 Å². The lowest BCUT2D eigenvalue weighted by Gasteiger charge is -2.31. The molecule has 0 unspecified atom stereocenters. The van der Waals surface area contributed by atoms with Gasteiger partial charge in [-0.3, -0.25) is 4.79 Å². The molecule has 4 heteroatoms. The Balaban J connectivity index is 1.67. The van der Waals surface area contributed by atoms with Gasteiger partial charge in [-0.1, -0.05) is 25.1 Å². The van der Waals surface area contributed by atoms with Gasteiger partial charge in [0.15, 0.2) is 12.4 Å². The van der Waals surface area contributed by atoms with Crippen LogP contribution in [0.1, 0.15) is 44.2 Å². The standard InChI is InChI=1S/C25H30O4/c1-4-5-7-17(2)23(26)13-12-18-10-11-20-15-22-19(14-21(18)20)8-6-9-24(22)29-16-25(27)28-3/h6,8-9,12-13,17-18,20-21H,7,10-11,14-16H2,1-3H3/b13-12+/t17-,18+,20+,21+/m0/s1. The highest BCUT2D eigenvalue weighted by atomic mass is 16.6. The fraction of sp³-hybridized carbons (Fsp3) is 0.520. The molecule has 0 N–H and O–H groups in total. The van der Waals surface area contributed by atoms with Gasteiger partial charge in [0.05, 0.1) is 7.11 Å². The Hall–Kier alpha value is -2.54. The predicted octanol–water partition coefficient (Wildman–Crippen LogP) is 4.15. The molecule has 0 heterocycles. The maximum Gasteiger partial charge on any atom is 0.343 e. The van der Waals surface area contributed by atoms with Gasteiger partial charge in [-0.25, -0.2) is 4.79 Å². The highest BCUT2D eigenvalue weighted by molar-refractivity contribution is 5.91. The summed E-state index contributed by atoms with van der Waals surface area (Å²) in [5, 5.41) is 0. The first-order valence-electron chi connectivity index (χ1n) is 10.5. The van der Waals surface area contributed by atoms with Crippen LogP contribution in [-0.4, -0.2) is 25.5 Å². The van der Waals surface area contributed by atoms with E-state index in [9.17, 15) is 9.59 Å². The Morgan fingerprint density at radius 3 is 2.86 bits per heavy atom. The number of carbonyl (C=O) groups excluding carboxylic acids is 2. The van der Waals surface area contributed by atoms with Gasteiger partial charge >= 0.3 is 5.97 Å². The monoisotopic (exact) mass is 394 g/mol. The number of allylic oxidation sites excluding steroid dienone is 2. The number of esters is 1. The first-order chi connectivity index (χ1) is 14.0. The van der Waals surface area contributed by atoms with Crippen LogP contribution >= 0.6 is 0 Å². The van der Waals surface area contributed by atoms with Gasteiger partial charge in [-0.2, -0.15) is 0 Å². The Morgan fingerprint density at radius 2 is 2.10 bits per heavy atom. The van der Waals surface area contributed by atoms with Crippen molar-refractivity contribution >= 4 is 11.8 Å². The lowest BCUT2D eigenvalue weighted by Crippen LogP contribution is -2.25. The first-order valence-corrected chi connectivity index (χ1v) is 10.5. The predicted molar refractivity (Wildman–Crippen MR) is 112 cm³/mol. The molecule has 0 radical (unpaired) electrons. The summed E-state index contributed by atoms with van der Waals surface area (Å²) in [6.45, 7) is 3.69. The van der Waals surface area contributed by atoms with Crippen LogP contribution in [0.2, 0.25) is 0 Å². The van der Waals surface area contributed by atoms with Crippen molar-refractivity contribution in [2.75, 3.05) is 13.7 Å². The summed E-state index contributed by atoms with van der Waals surface area (Å²) in [5.41, 5.74) is 2.52. The Bertz CT molecular complexity index is 842. The van der Waals surface area contributed by atoms with Crippen LogP contribution in [0.25, 0.3) is 0 Å². The summed E-state index contributed by atoms with van der Waals surface area (Å²) >= 11 is 0. The molecule has 29 heavy (non-hydrogen) atoms. The number of methoxy groups -OCH3 is 1. The molecule has 0 spiro atoms. The molecule has 1 aromatic carbocycles. The SMILES string of the molecule is CC#CC[C@H](C)C(=O)/C=C/[C@H]1CC[C@@H]2Cc3c(cccc3OCC(=O)OC)C[C@@H]21. The van der Waals surface area contributed by atoms with Gasteiger partial charge < -0.3 is 9.47 Å². The average molecular weight is 395 g/mol. The summed E-state index contributed by atoms with van der Waals surface area (Å²) in [6, 6.07) is 6.09. The van der Waals surface area contributed by atoms with Crippen molar-refractivity contribution in [1.29, 1.82) is 0 Å². The number of hydrogen-bond acceptors (Lipinski definition) is 4. The molecular formula is C25H30O4. The quantitative estimate of drug-likeness (QED) is 0.396. The maximum atomic E-state index is 12.4. The maximum absolute atomic E-state index is 12.4. The number of rotatable bonds is 7. The molecule has 2 aliphatic rings. The van der Waals surface area contributed by atoms with Crippen molar-refractivity contribution in [3.05, 3.63) is 41.5 Å². The molecule has 3 rings (SSSR count). The Kier molecular flexibility index (Phi) is 7.14. The van der Waals surface area contributed by atoms with Crippen molar-refractivity contribution in [1.82, 2.24) is 0 Å². The van der Waals surface area contributed by atoms with Crippen molar-refractivity contribution in [2.24, 2.45) is 23.7 Å². The normalized spacial score (nSPS) is 23.5. The molecule has 0 saturated heterocycles. The molecule has 4 nitrogen and oxygen atoms in total. The molecule has 2 aliphatic carbocycles. The van der Waals surface area contributed by atoms with Crippen LogP contribution < -0.4 is 4.74 Å². The van der Waals surface area contributed by atoms with Gasteiger partial charge in [0.25, 0.3) is 0 Å². The van der Waals surface area contributed by atoms with Gasteiger partial charge in [-0.05, 0) is 73.6 Å². The molecule has 0 aromatic heterocycles. The number of ketones is 1. The van der Waals surface area contributed by atoms with Crippen molar-refractivity contribution in [3.8, 4) is 17.6 Å². The van der Waals surface area contributed by atoms with E-state index in [2.05, 4.69) is 28.7 Å². The molecule has 0 aliphatic heterocycles. The van der Waals surface area contributed by atoms with E-state index in [4.69, 9.17) is 4.74 Å². The molecule has 1 fully saturated rings. The lowest BCUT2D eigenvalue weighted by atomic mass is 9.74. The number of carbonyl (C=O) groups is 2. The Morgan fingerprint density at radius 1 is 1.28 bits per heavy atom. The summed E-state index contributed by atoms with van der Waals surface area (Å²) in [6.07, 6.45) is 8.81. The fourth-order valence-electron chi connectivity index (χ4n) is 4.61. The number of ether oxygens (including phenoxy) is 2. The van der Waals surface area contributed by atoms with Crippen LogP contribution in [0.15, 0.2) is 30.4 Å². The highest BCUT2D eigenvalue weighted by Gasteiger charge is 2.39. The number of benzene rings is 1. The van der Waals surface area contributed by atoms with Crippen LogP contribution in [0.4, 0.5) is 0 Å². The smallest absolute Gasteiger partial charge is 0.343 e. The van der Waals surface area contributed by atoms with Crippen LogP contribution in [0.3, 0.4) is 0 Å². The zero-order chi connectivity index (χ0) is 20.8. The third-order valence-electron chi connectivity index (χ3n) is 6.33. The second-order valence-electron chi connectivity index (χ2n) is 8.13. The van der Waals surface area contributed by atoms with Crippen molar-refractivity contribution < 1.29 is 19.1 Å². The highest BCUT2D eigenvalue weighted by Crippen LogP contribution is 2.47. The topological polar surface area (TPSA) is 52.6 Å². The van der Waals surface area contributed by atoms with E-state index in [1.165, 1.54) is 18.2 Å². The number of hydrogen-bond donors (Lipinski definition) is 0. The lowest BCUT2D eigenvalue weighted by molar-refractivity contribution is -0.142. The van der Waals surface area contributed by atoms with Crippen LogP contribution in [0, 0.1) is 35.5 Å². The summed E-state index contributed by atoms with van der Waals surface area (Å²) in [4.78, 5) is 23.8. The Labute approximate surface area is 173 Å². The van der Waals surface area contributed by atoms with Gasteiger partial charge in [-0.15, -0.1) is 11.8 Å². The third-order valence-corrected chi connectivity index (χ3v) is 6.33. The van der Waals surface area contributed by atoms with E-state index in [0.29, 0.717) is 24.2 Å². The van der Waals surface area contributed by atoms with E-state index in [0.717, 1.165) is 31.4 Å². The zero-order valence-electron chi connectivity index (χ0n) is 17.6. The van der Waals surface area contributed by atoms with E-state index in [1.807, 2.05) is 19.1 Å². The number of fused-ring (bicyclic) bond motifs is 2. The van der Waals surface area contributed by atoms with Gasteiger partial charge in [0, 0.05) is 12.3 Å². The minimum atomic E-state index is -0.369. The molecular weight excluding hydrogens is 364 g/mol. The summed E-state index contributed by atoms with van der Waals surface area (Å²) in [5.74, 6) is 8.01. The second-order valence-corrected chi connectivity index (χ2v) is 8.13. The molecule has 1 aromatic rings. The average Bonchev–Trinajstić information content (AvgIpc) is 3.14. The van der Waals surface area contributed by atoms with Gasteiger partial charge in [0.1, 0.15) is 5.75 Å². The minimum absolute atomic E-state index is 0.0440. The second kappa shape index (κ2) is 9.78. The van der Waals surface area contributed by atoms with Gasteiger partial charge in [0.2, 0.25) is 0 Å². The van der Waals surface area contributed by atoms with E-state index >= 15 is 0 Å². The molecule has 0 amide bonds. The van der Waals surface area contributed by atoms with Crippen LogP contribution in [-0.2, 0) is 27.2 Å². The fourth-order valence-corrected chi connectivity index (χ4v) is 4.61. The summed E-state index contributed by atoms with van der Waals surface area (Å²) in [7, 11) is 1.37. The zero-order valence-corrected chi connectivity index (χ0v) is 17.6. The van der Waals surface area contributed by atoms with E-state index in [-0.39, 0.29) is 24.3 Å².